The van der Waals surface area contributed by atoms with E-state index in [-0.39, 0.29) is 0 Å². The molecule has 0 aromatic heterocycles. The highest BCUT2D eigenvalue weighted by atomic mass is 16.2. The number of likely N-dealkylation sites (N-methyl/N-ethyl adjacent to an activating group) is 1. The zero-order valence-corrected chi connectivity index (χ0v) is 11.8. The van der Waals surface area contributed by atoms with Crippen LogP contribution in [0.25, 0.3) is 0 Å². The van der Waals surface area contributed by atoms with Crippen molar-refractivity contribution >= 4 is 5.91 Å². The standard InChI is InChI=1S/C14H27N3O/c1-12(13-5-3-4-6-13)16(2)11-14(18)17-9-7-15-8-10-17/h12-13,15H,3-11H2,1-2H3. The molecule has 1 saturated carbocycles. The molecule has 104 valence electrons. The summed E-state index contributed by atoms with van der Waals surface area (Å²) in [6.45, 7) is 6.47. The maximum Gasteiger partial charge on any atom is 0.236 e. The zero-order chi connectivity index (χ0) is 13.0. The average molecular weight is 253 g/mol. The van der Waals surface area contributed by atoms with Gasteiger partial charge in [0.05, 0.1) is 6.54 Å². The second-order valence-corrected chi connectivity index (χ2v) is 5.83. The van der Waals surface area contributed by atoms with Crippen molar-refractivity contribution in [1.82, 2.24) is 15.1 Å². The summed E-state index contributed by atoms with van der Waals surface area (Å²) in [4.78, 5) is 16.4. The van der Waals surface area contributed by atoms with Gasteiger partial charge in [-0.15, -0.1) is 0 Å². The Bertz CT molecular complexity index is 270. The molecule has 1 aliphatic carbocycles. The number of nitrogens with one attached hydrogen (secondary N) is 1. The van der Waals surface area contributed by atoms with E-state index in [1.165, 1.54) is 25.7 Å². The summed E-state index contributed by atoms with van der Waals surface area (Å²) in [7, 11) is 2.10. The fourth-order valence-electron chi connectivity index (χ4n) is 3.17. The maximum absolute atomic E-state index is 12.2. The van der Waals surface area contributed by atoms with Crippen molar-refractivity contribution in [3.63, 3.8) is 0 Å². The number of piperazine rings is 1. The van der Waals surface area contributed by atoms with Gasteiger partial charge in [-0.1, -0.05) is 12.8 Å². The third kappa shape index (κ3) is 3.45. The molecule has 2 aliphatic rings. The average Bonchev–Trinajstić information content (AvgIpc) is 2.92. The van der Waals surface area contributed by atoms with Crippen LogP contribution in [0, 0.1) is 5.92 Å². The fourth-order valence-corrected chi connectivity index (χ4v) is 3.17. The molecule has 4 heteroatoms. The Morgan fingerprint density at radius 3 is 2.56 bits per heavy atom. The van der Waals surface area contributed by atoms with Gasteiger partial charge in [0.1, 0.15) is 0 Å². The molecule has 0 radical (unpaired) electrons. The summed E-state index contributed by atoms with van der Waals surface area (Å²) in [5.74, 6) is 1.09. The number of carbonyl (C=O) groups is 1. The van der Waals surface area contributed by atoms with Gasteiger partial charge in [-0.05, 0) is 32.7 Å². The van der Waals surface area contributed by atoms with Gasteiger partial charge >= 0.3 is 0 Å². The predicted octanol–water partition coefficient (Wildman–Crippen LogP) is 0.929. The number of rotatable bonds is 4. The van der Waals surface area contributed by atoms with E-state index in [0.717, 1.165) is 32.1 Å². The van der Waals surface area contributed by atoms with Crippen molar-refractivity contribution < 1.29 is 4.79 Å². The minimum absolute atomic E-state index is 0.295. The third-order valence-electron chi connectivity index (χ3n) is 4.63. The summed E-state index contributed by atoms with van der Waals surface area (Å²) in [5, 5.41) is 3.28. The van der Waals surface area contributed by atoms with Crippen LogP contribution < -0.4 is 5.32 Å². The largest absolute Gasteiger partial charge is 0.339 e. The van der Waals surface area contributed by atoms with Gasteiger partial charge in [-0.25, -0.2) is 0 Å². The molecular formula is C14H27N3O. The van der Waals surface area contributed by atoms with E-state index in [4.69, 9.17) is 0 Å². The molecule has 1 N–H and O–H groups in total. The Labute approximate surface area is 111 Å². The summed E-state index contributed by atoms with van der Waals surface area (Å²) in [5.41, 5.74) is 0. The molecule has 1 unspecified atom stereocenters. The summed E-state index contributed by atoms with van der Waals surface area (Å²) >= 11 is 0. The van der Waals surface area contributed by atoms with E-state index in [1.807, 2.05) is 4.90 Å². The molecule has 18 heavy (non-hydrogen) atoms. The van der Waals surface area contributed by atoms with Gasteiger partial charge in [0.25, 0.3) is 0 Å². The number of hydrogen-bond acceptors (Lipinski definition) is 3. The van der Waals surface area contributed by atoms with E-state index in [9.17, 15) is 4.79 Å². The molecular weight excluding hydrogens is 226 g/mol. The van der Waals surface area contributed by atoms with Crippen LogP contribution in [0.15, 0.2) is 0 Å². The number of amides is 1. The molecule has 1 saturated heterocycles. The van der Waals surface area contributed by atoms with Gasteiger partial charge in [0.2, 0.25) is 5.91 Å². The highest BCUT2D eigenvalue weighted by Gasteiger charge is 2.26. The van der Waals surface area contributed by atoms with Gasteiger partial charge in [0, 0.05) is 32.2 Å². The summed E-state index contributed by atoms with van der Waals surface area (Å²) < 4.78 is 0. The smallest absolute Gasteiger partial charge is 0.236 e. The van der Waals surface area contributed by atoms with Crippen molar-refractivity contribution in [3.05, 3.63) is 0 Å². The topological polar surface area (TPSA) is 35.6 Å². The van der Waals surface area contributed by atoms with Crippen LogP contribution in [0.5, 0.6) is 0 Å². The first-order valence-electron chi connectivity index (χ1n) is 7.37. The molecule has 1 heterocycles. The van der Waals surface area contributed by atoms with E-state index in [0.29, 0.717) is 18.5 Å². The first kappa shape index (κ1) is 13.8. The van der Waals surface area contributed by atoms with Crippen LogP contribution in [0.2, 0.25) is 0 Å². The second kappa shape index (κ2) is 6.53. The first-order chi connectivity index (χ1) is 8.68. The fraction of sp³-hybridized carbons (Fsp3) is 0.929. The lowest BCUT2D eigenvalue weighted by atomic mass is 9.98. The van der Waals surface area contributed by atoms with Crippen molar-refractivity contribution in [2.45, 2.75) is 38.6 Å². The van der Waals surface area contributed by atoms with Crippen LogP contribution in [0.4, 0.5) is 0 Å². The monoisotopic (exact) mass is 253 g/mol. The Balaban J connectivity index is 1.78. The van der Waals surface area contributed by atoms with Crippen molar-refractivity contribution in [2.24, 2.45) is 5.92 Å². The molecule has 0 aromatic carbocycles. The van der Waals surface area contributed by atoms with Gasteiger partial charge < -0.3 is 10.2 Å². The van der Waals surface area contributed by atoms with Gasteiger partial charge in [0.15, 0.2) is 0 Å². The number of nitrogens with zero attached hydrogens (tertiary/aromatic N) is 2. The molecule has 0 bridgehead atoms. The first-order valence-corrected chi connectivity index (χ1v) is 7.37. The van der Waals surface area contributed by atoms with Crippen molar-refractivity contribution in [2.75, 3.05) is 39.8 Å². The summed E-state index contributed by atoms with van der Waals surface area (Å²) in [6, 6.07) is 0.541. The second-order valence-electron chi connectivity index (χ2n) is 5.83. The molecule has 1 amide bonds. The summed E-state index contributed by atoms with van der Waals surface area (Å²) in [6.07, 6.45) is 5.42. The SMILES string of the molecule is CC(C1CCCC1)N(C)CC(=O)N1CCNCC1. The lowest BCUT2D eigenvalue weighted by Crippen LogP contribution is -2.50. The lowest BCUT2D eigenvalue weighted by Gasteiger charge is -2.33. The Kier molecular flexibility index (Phi) is 5.01. The van der Waals surface area contributed by atoms with Crippen LogP contribution in [-0.4, -0.2) is 61.5 Å². The molecule has 0 aromatic rings. The minimum atomic E-state index is 0.295. The van der Waals surface area contributed by atoms with E-state index in [1.54, 1.807) is 0 Å². The minimum Gasteiger partial charge on any atom is -0.339 e. The number of hydrogen-bond donors (Lipinski definition) is 1. The molecule has 0 spiro atoms. The van der Waals surface area contributed by atoms with Crippen LogP contribution >= 0.6 is 0 Å². The van der Waals surface area contributed by atoms with Crippen molar-refractivity contribution in [3.8, 4) is 0 Å². The highest BCUT2D eigenvalue weighted by Crippen LogP contribution is 2.29. The number of carbonyl (C=O) groups excluding carboxylic acids is 1. The maximum atomic E-state index is 12.2. The van der Waals surface area contributed by atoms with Gasteiger partial charge in [-0.3, -0.25) is 9.69 Å². The van der Waals surface area contributed by atoms with Crippen LogP contribution in [0.1, 0.15) is 32.6 Å². The van der Waals surface area contributed by atoms with Crippen molar-refractivity contribution in [1.29, 1.82) is 0 Å². The molecule has 4 nitrogen and oxygen atoms in total. The molecule has 1 atom stereocenters. The van der Waals surface area contributed by atoms with Gasteiger partial charge in [-0.2, -0.15) is 0 Å². The normalized spacial score (nSPS) is 23.6. The quantitative estimate of drug-likeness (QED) is 0.809. The predicted molar refractivity (Wildman–Crippen MR) is 73.5 cm³/mol. The van der Waals surface area contributed by atoms with Crippen LogP contribution in [-0.2, 0) is 4.79 Å². The Hall–Kier alpha value is -0.610. The highest BCUT2D eigenvalue weighted by molar-refractivity contribution is 5.78. The van der Waals surface area contributed by atoms with E-state index < -0.39 is 0 Å². The zero-order valence-electron chi connectivity index (χ0n) is 11.8. The molecule has 2 rings (SSSR count). The Morgan fingerprint density at radius 1 is 1.33 bits per heavy atom. The third-order valence-corrected chi connectivity index (χ3v) is 4.63. The van der Waals surface area contributed by atoms with E-state index in [2.05, 4.69) is 24.2 Å². The van der Waals surface area contributed by atoms with E-state index >= 15 is 0 Å². The molecule has 1 aliphatic heterocycles. The Morgan fingerprint density at radius 2 is 1.94 bits per heavy atom. The van der Waals surface area contributed by atoms with Crippen LogP contribution in [0.3, 0.4) is 0 Å². The molecule has 2 fully saturated rings. The lowest BCUT2D eigenvalue weighted by molar-refractivity contribution is -0.133.